The van der Waals surface area contributed by atoms with Crippen molar-refractivity contribution >= 4 is 23.2 Å². The van der Waals surface area contributed by atoms with E-state index in [4.69, 9.17) is 21.7 Å². The molecule has 1 fully saturated rings. The fourth-order valence-electron chi connectivity index (χ4n) is 2.91. The van der Waals surface area contributed by atoms with Gasteiger partial charge in [-0.2, -0.15) is 0 Å². The molecule has 3 N–H and O–H groups in total. The third kappa shape index (κ3) is 5.40. The lowest BCUT2D eigenvalue weighted by molar-refractivity contribution is -0.251. The lowest BCUT2D eigenvalue weighted by atomic mass is 9.93. The predicted molar refractivity (Wildman–Crippen MR) is 106 cm³/mol. The van der Waals surface area contributed by atoms with Crippen molar-refractivity contribution in [1.82, 2.24) is 16.2 Å². The molecule has 0 radical (unpaired) electrons. The first-order chi connectivity index (χ1) is 12.1. The zero-order valence-corrected chi connectivity index (χ0v) is 17.2. The van der Waals surface area contributed by atoms with Crippen LogP contribution in [0.4, 0.5) is 0 Å². The van der Waals surface area contributed by atoms with Gasteiger partial charge in [-0.3, -0.25) is 15.6 Å². The first kappa shape index (κ1) is 20.6. The summed E-state index contributed by atoms with van der Waals surface area (Å²) >= 11 is 5.23. The van der Waals surface area contributed by atoms with Gasteiger partial charge in [-0.1, -0.05) is 19.9 Å². The summed E-state index contributed by atoms with van der Waals surface area (Å²) in [7, 11) is 0. The maximum Gasteiger partial charge on any atom is 0.269 e. The van der Waals surface area contributed by atoms with Gasteiger partial charge in [0.2, 0.25) is 0 Å². The quantitative estimate of drug-likeness (QED) is 0.554. The molecule has 6 nitrogen and oxygen atoms in total. The van der Waals surface area contributed by atoms with Crippen LogP contribution >= 0.6 is 12.2 Å². The van der Waals surface area contributed by atoms with Crippen molar-refractivity contribution in [3.05, 3.63) is 34.4 Å². The minimum Gasteiger partial charge on any atom is -0.354 e. The summed E-state index contributed by atoms with van der Waals surface area (Å²) in [5, 5.41) is 3.40. The Morgan fingerprint density at radius 3 is 2.35 bits per heavy atom. The number of benzene rings is 1. The van der Waals surface area contributed by atoms with Gasteiger partial charge in [0.1, 0.15) is 0 Å². The molecule has 0 unspecified atom stereocenters. The van der Waals surface area contributed by atoms with Gasteiger partial charge in [-0.15, -0.1) is 0 Å². The predicted octanol–water partition coefficient (Wildman–Crippen LogP) is 2.69. The van der Waals surface area contributed by atoms with Crippen LogP contribution < -0.4 is 16.2 Å². The summed E-state index contributed by atoms with van der Waals surface area (Å²) in [4.78, 5) is 12.5. The van der Waals surface area contributed by atoms with Gasteiger partial charge in [0.15, 0.2) is 10.9 Å². The Morgan fingerprint density at radius 2 is 1.77 bits per heavy atom. The first-order valence-electron chi connectivity index (χ1n) is 8.85. The number of nitrogens with one attached hydrogen (secondary N) is 3. The van der Waals surface area contributed by atoms with E-state index in [2.05, 4.69) is 36.9 Å². The normalized spacial score (nSPS) is 17.0. The lowest BCUT2D eigenvalue weighted by Crippen LogP contribution is -2.55. The summed E-state index contributed by atoms with van der Waals surface area (Å²) in [6, 6.07) is 3.93. The number of aryl methyl sites for hydroxylation is 2. The standard InChI is InChI=1S/C19H29N3O3S/c1-11(2)15-8-16(13(4)7-12(15)3)17(23)21-22-18(26)20-14-9-24-19(5,6)25-10-14/h7-8,11,14H,9-10H2,1-6H3,(H,21,23)(H2,20,22,26). The van der Waals surface area contributed by atoms with Crippen LogP contribution in [0.25, 0.3) is 0 Å². The van der Waals surface area contributed by atoms with Crippen molar-refractivity contribution in [2.45, 2.75) is 59.3 Å². The maximum absolute atomic E-state index is 12.5. The van der Waals surface area contributed by atoms with E-state index < -0.39 is 5.79 Å². The number of hydrogen-bond donors (Lipinski definition) is 3. The summed E-state index contributed by atoms with van der Waals surface area (Å²) in [5.41, 5.74) is 9.34. The fraction of sp³-hybridized carbons (Fsp3) is 0.579. The molecule has 0 bridgehead atoms. The fourth-order valence-corrected chi connectivity index (χ4v) is 3.13. The summed E-state index contributed by atoms with van der Waals surface area (Å²) < 4.78 is 11.2. The minimum atomic E-state index is -0.571. The molecule has 1 aliphatic heterocycles. The van der Waals surface area contributed by atoms with Crippen LogP contribution in [0.2, 0.25) is 0 Å². The van der Waals surface area contributed by atoms with E-state index in [9.17, 15) is 4.79 Å². The Kier molecular flexibility index (Phi) is 6.60. The highest BCUT2D eigenvalue weighted by Crippen LogP contribution is 2.23. The van der Waals surface area contributed by atoms with Crippen molar-refractivity contribution in [2.24, 2.45) is 0 Å². The molecule has 0 spiro atoms. The van der Waals surface area contributed by atoms with E-state index in [0.717, 1.165) is 5.56 Å². The number of carbonyl (C=O) groups is 1. The molecule has 7 heteroatoms. The number of carbonyl (C=O) groups excluding carboxylic acids is 1. The van der Waals surface area contributed by atoms with Gasteiger partial charge in [0.05, 0.1) is 19.3 Å². The Bertz CT molecular complexity index is 679. The molecule has 1 aliphatic rings. The summed E-state index contributed by atoms with van der Waals surface area (Å²) in [6.07, 6.45) is 0. The van der Waals surface area contributed by atoms with Crippen LogP contribution in [0, 0.1) is 13.8 Å². The molecule has 0 saturated carbocycles. The number of hydrazine groups is 1. The SMILES string of the molecule is Cc1cc(C)c(C(C)C)cc1C(=O)NNC(=S)NC1COC(C)(C)OC1. The number of thiocarbonyl (C=S) groups is 1. The molecule has 2 rings (SSSR count). The van der Waals surface area contributed by atoms with Crippen molar-refractivity contribution in [3.8, 4) is 0 Å². The lowest BCUT2D eigenvalue weighted by Gasteiger charge is -2.35. The molecule has 1 aromatic rings. The highest BCUT2D eigenvalue weighted by molar-refractivity contribution is 7.80. The van der Waals surface area contributed by atoms with Crippen LogP contribution in [-0.2, 0) is 9.47 Å². The van der Waals surface area contributed by atoms with Gasteiger partial charge in [-0.05, 0) is 68.6 Å². The van der Waals surface area contributed by atoms with Crippen LogP contribution in [0.3, 0.4) is 0 Å². The van der Waals surface area contributed by atoms with Gasteiger partial charge >= 0.3 is 0 Å². The molecule has 26 heavy (non-hydrogen) atoms. The molecule has 0 atom stereocenters. The number of hydrogen-bond acceptors (Lipinski definition) is 4. The molecular formula is C19H29N3O3S. The minimum absolute atomic E-state index is 0.0615. The molecule has 0 aromatic heterocycles. The van der Waals surface area contributed by atoms with Crippen LogP contribution in [-0.4, -0.2) is 36.1 Å². The topological polar surface area (TPSA) is 71.6 Å². The van der Waals surface area contributed by atoms with Crippen molar-refractivity contribution in [2.75, 3.05) is 13.2 Å². The molecule has 1 amide bonds. The van der Waals surface area contributed by atoms with Crippen molar-refractivity contribution < 1.29 is 14.3 Å². The number of amides is 1. The van der Waals surface area contributed by atoms with Crippen LogP contribution in [0.5, 0.6) is 0 Å². The molecular weight excluding hydrogens is 350 g/mol. The van der Waals surface area contributed by atoms with Gasteiger partial charge < -0.3 is 14.8 Å². The Balaban J connectivity index is 1.90. The molecule has 1 saturated heterocycles. The van der Waals surface area contributed by atoms with Crippen molar-refractivity contribution in [1.29, 1.82) is 0 Å². The van der Waals surface area contributed by atoms with E-state index in [0.29, 0.717) is 29.8 Å². The van der Waals surface area contributed by atoms with E-state index in [1.54, 1.807) is 0 Å². The molecule has 1 aromatic carbocycles. The van der Waals surface area contributed by atoms with Crippen molar-refractivity contribution in [3.63, 3.8) is 0 Å². The highest BCUT2D eigenvalue weighted by Gasteiger charge is 2.28. The first-order valence-corrected chi connectivity index (χ1v) is 9.26. The monoisotopic (exact) mass is 379 g/mol. The maximum atomic E-state index is 12.5. The third-order valence-corrected chi connectivity index (χ3v) is 4.59. The number of ether oxygens (including phenoxy) is 2. The third-order valence-electron chi connectivity index (χ3n) is 4.37. The second-order valence-corrected chi connectivity index (χ2v) is 7.86. The van der Waals surface area contributed by atoms with E-state index in [-0.39, 0.29) is 11.9 Å². The highest BCUT2D eigenvalue weighted by atomic mass is 32.1. The Hall–Kier alpha value is -1.70. The van der Waals surface area contributed by atoms with Crippen LogP contribution in [0.1, 0.15) is 60.7 Å². The number of rotatable bonds is 3. The average Bonchev–Trinajstić information content (AvgIpc) is 2.54. The Labute approximate surface area is 161 Å². The summed E-state index contributed by atoms with van der Waals surface area (Å²) in [5.74, 6) is -0.433. The summed E-state index contributed by atoms with van der Waals surface area (Å²) in [6.45, 7) is 12.9. The average molecular weight is 380 g/mol. The van der Waals surface area contributed by atoms with Gasteiger partial charge in [0, 0.05) is 5.56 Å². The van der Waals surface area contributed by atoms with Gasteiger partial charge in [0.25, 0.3) is 5.91 Å². The molecule has 1 heterocycles. The Morgan fingerprint density at radius 1 is 1.15 bits per heavy atom. The van der Waals surface area contributed by atoms with E-state index in [1.807, 2.05) is 32.9 Å². The van der Waals surface area contributed by atoms with E-state index in [1.165, 1.54) is 11.1 Å². The van der Waals surface area contributed by atoms with Crippen LogP contribution in [0.15, 0.2) is 12.1 Å². The molecule has 144 valence electrons. The van der Waals surface area contributed by atoms with Gasteiger partial charge in [-0.25, -0.2) is 0 Å². The largest absolute Gasteiger partial charge is 0.354 e. The second-order valence-electron chi connectivity index (χ2n) is 7.45. The van der Waals surface area contributed by atoms with E-state index >= 15 is 0 Å². The second kappa shape index (κ2) is 8.33. The zero-order valence-electron chi connectivity index (χ0n) is 16.4. The molecule has 0 aliphatic carbocycles. The zero-order chi connectivity index (χ0) is 19.5. The smallest absolute Gasteiger partial charge is 0.269 e.